The minimum atomic E-state index is 0.307. The third-order valence-electron chi connectivity index (χ3n) is 3.13. The minimum absolute atomic E-state index is 0.307. The fraction of sp³-hybridized carbons (Fsp3) is 0.267. The van der Waals surface area contributed by atoms with Crippen LogP contribution in [0.1, 0.15) is 19.9 Å². The van der Waals surface area contributed by atoms with Crippen LogP contribution in [0.4, 0.5) is 0 Å². The third kappa shape index (κ3) is 2.52. The lowest BCUT2D eigenvalue weighted by Gasteiger charge is -2.12. The van der Waals surface area contributed by atoms with Crippen LogP contribution in [-0.4, -0.2) is 30.1 Å². The van der Waals surface area contributed by atoms with Crippen molar-refractivity contribution in [3.63, 3.8) is 0 Å². The Morgan fingerprint density at radius 3 is 2.90 bits per heavy atom. The first-order valence-corrected chi connectivity index (χ1v) is 7.62. The number of hydrogen-bond acceptors (Lipinski definition) is 4. The summed E-state index contributed by atoms with van der Waals surface area (Å²) in [6.07, 6.45) is 8.57. The second kappa shape index (κ2) is 5.62. The standard InChI is InChI=1S/C15H15N5S/c1-4-7-21-15-18-13-6-5-12(19-10-16-9-17-19)8-14(13)20(15)11(2)3/h1,5-6,8-11H,7H2,2-3H3. The van der Waals surface area contributed by atoms with Gasteiger partial charge in [0.05, 0.1) is 22.5 Å². The molecule has 0 aliphatic rings. The molecular formula is C15H15N5S. The van der Waals surface area contributed by atoms with Gasteiger partial charge in [0.1, 0.15) is 12.7 Å². The van der Waals surface area contributed by atoms with E-state index in [4.69, 9.17) is 6.42 Å². The number of aromatic nitrogens is 5. The molecule has 0 saturated carbocycles. The van der Waals surface area contributed by atoms with Gasteiger partial charge in [-0.05, 0) is 32.0 Å². The van der Waals surface area contributed by atoms with E-state index in [-0.39, 0.29) is 0 Å². The van der Waals surface area contributed by atoms with Crippen molar-refractivity contribution in [1.82, 2.24) is 24.3 Å². The van der Waals surface area contributed by atoms with Gasteiger partial charge in [0.25, 0.3) is 0 Å². The van der Waals surface area contributed by atoms with Crippen molar-refractivity contribution in [2.45, 2.75) is 25.0 Å². The van der Waals surface area contributed by atoms with Gasteiger partial charge in [-0.15, -0.1) is 6.42 Å². The van der Waals surface area contributed by atoms with E-state index in [9.17, 15) is 0 Å². The zero-order chi connectivity index (χ0) is 14.8. The maximum absolute atomic E-state index is 5.36. The predicted molar refractivity (Wildman–Crippen MR) is 84.6 cm³/mol. The molecule has 0 aliphatic carbocycles. The van der Waals surface area contributed by atoms with Crippen molar-refractivity contribution in [2.75, 3.05) is 5.75 Å². The highest BCUT2D eigenvalue weighted by molar-refractivity contribution is 7.99. The van der Waals surface area contributed by atoms with Gasteiger partial charge < -0.3 is 4.57 Å². The summed E-state index contributed by atoms with van der Waals surface area (Å²) >= 11 is 1.59. The third-order valence-corrected chi connectivity index (χ3v) is 3.98. The summed E-state index contributed by atoms with van der Waals surface area (Å²) in [7, 11) is 0. The molecule has 6 heteroatoms. The Bertz CT molecular complexity index is 795. The lowest BCUT2D eigenvalue weighted by atomic mass is 10.2. The first-order chi connectivity index (χ1) is 10.2. The van der Waals surface area contributed by atoms with E-state index in [1.54, 1.807) is 22.8 Å². The number of rotatable bonds is 4. The summed E-state index contributed by atoms with van der Waals surface area (Å²) in [4.78, 5) is 8.66. The number of fused-ring (bicyclic) bond motifs is 1. The molecule has 0 spiro atoms. The van der Waals surface area contributed by atoms with E-state index in [0.717, 1.165) is 21.9 Å². The number of thioether (sulfide) groups is 1. The summed E-state index contributed by atoms with van der Waals surface area (Å²) in [5.41, 5.74) is 3.01. The SMILES string of the molecule is C#CCSc1nc2ccc(-n3cncn3)cc2n1C(C)C. The maximum Gasteiger partial charge on any atom is 0.170 e. The van der Waals surface area contributed by atoms with Crippen molar-refractivity contribution < 1.29 is 0 Å². The fourth-order valence-corrected chi connectivity index (χ4v) is 3.07. The van der Waals surface area contributed by atoms with Gasteiger partial charge in [0.15, 0.2) is 5.16 Å². The zero-order valence-electron chi connectivity index (χ0n) is 11.9. The van der Waals surface area contributed by atoms with E-state index in [1.807, 2.05) is 12.1 Å². The van der Waals surface area contributed by atoms with Crippen molar-refractivity contribution in [3.8, 4) is 18.0 Å². The van der Waals surface area contributed by atoms with E-state index in [0.29, 0.717) is 11.8 Å². The Morgan fingerprint density at radius 2 is 2.24 bits per heavy atom. The predicted octanol–water partition coefficient (Wildman–Crippen LogP) is 2.92. The Balaban J connectivity index is 2.15. The molecule has 0 amide bonds. The van der Waals surface area contributed by atoms with Gasteiger partial charge in [-0.1, -0.05) is 17.7 Å². The average Bonchev–Trinajstić information content (AvgIpc) is 3.11. The quantitative estimate of drug-likeness (QED) is 0.549. The molecule has 0 aliphatic heterocycles. The molecule has 0 bridgehead atoms. The Kier molecular flexibility index (Phi) is 3.67. The Hall–Kier alpha value is -2.26. The first-order valence-electron chi connectivity index (χ1n) is 6.64. The molecule has 0 fully saturated rings. The van der Waals surface area contributed by atoms with Crippen LogP contribution in [0.25, 0.3) is 16.7 Å². The summed E-state index contributed by atoms with van der Waals surface area (Å²) in [5.74, 6) is 3.26. The molecule has 3 rings (SSSR count). The smallest absolute Gasteiger partial charge is 0.170 e. The lowest BCUT2D eigenvalue weighted by Crippen LogP contribution is -2.03. The largest absolute Gasteiger partial charge is 0.316 e. The van der Waals surface area contributed by atoms with Crippen LogP contribution in [0.2, 0.25) is 0 Å². The normalized spacial score (nSPS) is 11.1. The molecular weight excluding hydrogens is 282 g/mol. The Labute approximate surface area is 127 Å². The van der Waals surface area contributed by atoms with Crippen LogP contribution in [0.15, 0.2) is 36.0 Å². The summed E-state index contributed by atoms with van der Waals surface area (Å²) in [5, 5.41) is 5.12. The highest BCUT2D eigenvalue weighted by Gasteiger charge is 2.14. The lowest BCUT2D eigenvalue weighted by molar-refractivity contribution is 0.566. The molecule has 21 heavy (non-hydrogen) atoms. The number of imidazole rings is 1. The van der Waals surface area contributed by atoms with E-state index >= 15 is 0 Å². The van der Waals surface area contributed by atoms with Gasteiger partial charge in [0, 0.05) is 6.04 Å². The van der Waals surface area contributed by atoms with Gasteiger partial charge in [-0.3, -0.25) is 0 Å². The van der Waals surface area contributed by atoms with Crippen molar-refractivity contribution in [1.29, 1.82) is 0 Å². The molecule has 5 nitrogen and oxygen atoms in total. The van der Waals surface area contributed by atoms with Crippen LogP contribution < -0.4 is 0 Å². The summed E-state index contributed by atoms with van der Waals surface area (Å²) in [6.45, 7) is 4.28. The molecule has 2 heterocycles. The topological polar surface area (TPSA) is 48.5 Å². The second-order valence-corrected chi connectivity index (χ2v) is 5.81. The maximum atomic E-state index is 5.36. The van der Waals surface area contributed by atoms with Crippen LogP contribution in [0.3, 0.4) is 0 Å². The van der Waals surface area contributed by atoms with Gasteiger partial charge in [-0.2, -0.15) is 5.10 Å². The second-order valence-electron chi connectivity index (χ2n) is 4.86. The van der Waals surface area contributed by atoms with Gasteiger partial charge >= 0.3 is 0 Å². The molecule has 3 aromatic rings. The highest BCUT2D eigenvalue weighted by Crippen LogP contribution is 2.28. The van der Waals surface area contributed by atoms with Crippen LogP contribution in [0, 0.1) is 12.3 Å². The van der Waals surface area contributed by atoms with Gasteiger partial charge in [0.2, 0.25) is 0 Å². The molecule has 0 unspecified atom stereocenters. The molecule has 106 valence electrons. The fourth-order valence-electron chi connectivity index (χ4n) is 2.25. The average molecular weight is 297 g/mol. The monoisotopic (exact) mass is 297 g/mol. The molecule has 1 aromatic carbocycles. The van der Waals surface area contributed by atoms with Crippen LogP contribution >= 0.6 is 11.8 Å². The van der Waals surface area contributed by atoms with E-state index in [1.165, 1.54) is 6.33 Å². The van der Waals surface area contributed by atoms with Gasteiger partial charge in [-0.25, -0.2) is 14.6 Å². The van der Waals surface area contributed by atoms with E-state index in [2.05, 4.69) is 45.5 Å². The van der Waals surface area contributed by atoms with Crippen molar-refractivity contribution >= 4 is 22.8 Å². The van der Waals surface area contributed by atoms with Crippen molar-refractivity contribution in [2.24, 2.45) is 0 Å². The Morgan fingerprint density at radius 1 is 1.38 bits per heavy atom. The highest BCUT2D eigenvalue weighted by atomic mass is 32.2. The van der Waals surface area contributed by atoms with Crippen LogP contribution in [-0.2, 0) is 0 Å². The summed E-state index contributed by atoms with van der Waals surface area (Å²) < 4.78 is 3.95. The number of terminal acetylenes is 1. The van der Waals surface area contributed by atoms with Crippen LogP contribution in [0.5, 0.6) is 0 Å². The number of benzene rings is 1. The van der Waals surface area contributed by atoms with Crippen molar-refractivity contribution in [3.05, 3.63) is 30.9 Å². The minimum Gasteiger partial charge on any atom is -0.316 e. The summed E-state index contributed by atoms with van der Waals surface area (Å²) in [6, 6.07) is 6.38. The molecule has 2 aromatic heterocycles. The number of hydrogen-bond donors (Lipinski definition) is 0. The zero-order valence-corrected chi connectivity index (χ0v) is 12.7. The molecule has 0 atom stereocenters. The molecule has 0 saturated heterocycles. The number of nitrogens with zero attached hydrogens (tertiary/aromatic N) is 5. The molecule has 0 radical (unpaired) electrons. The van der Waals surface area contributed by atoms with E-state index < -0.39 is 0 Å². The first kappa shape index (κ1) is 13.7. The molecule has 0 N–H and O–H groups in total.